The summed E-state index contributed by atoms with van der Waals surface area (Å²) >= 11 is 0. The lowest BCUT2D eigenvalue weighted by atomic mass is 10.0. The van der Waals surface area contributed by atoms with Crippen molar-refractivity contribution >= 4 is 18.1 Å². The molecule has 0 aliphatic rings. The lowest BCUT2D eigenvalue weighted by Gasteiger charge is -2.05. The van der Waals surface area contributed by atoms with Crippen molar-refractivity contribution in [1.29, 1.82) is 0 Å². The van der Waals surface area contributed by atoms with Crippen molar-refractivity contribution < 1.29 is 9.90 Å². The van der Waals surface area contributed by atoms with E-state index in [1.54, 1.807) is 30.5 Å². The van der Waals surface area contributed by atoms with E-state index in [2.05, 4.69) is 4.98 Å². The van der Waals surface area contributed by atoms with E-state index in [1.165, 1.54) is 0 Å². The molecule has 0 saturated heterocycles. The van der Waals surface area contributed by atoms with E-state index in [0.717, 1.165) is 22.4 Å². The third-order valence-corrected chi connectivity index (χ3v) is 3.51. The number of hydrogen-bond acceptors (Lipinski definition) is 2. The highest BCUT2D eigenvalue weighted by Gasteiger charge is 2.03. The number of rotatable bonds is 4. The van der Waals surface area contributed by atoms with E-state index in [-0.39, 0.29) is 5.56 Å². The summed E-state index contributed by atoms with van der Waals surface area (Å²) in [7, 11) is 0. The lowest BCUT2D eigenvalue weighted by molar-refractivity contribution is 0.0697. The van der Waals surface area contributed by atoms with Crippen LogP contribution >= 0.6 is 0 Å². The molecule has 0 unspecified atom stereocenters. The van der Waals surface area contributed by atoms with Crippen LogP contribution < -0.4 is 0 Å². The zero-order valence-corrected chi connectivity index (χ0v) is 12.4. The highest BCUT2D eigenvalue weighted by atomic mass is 16.4. The van der Waals surface area contributed by atoms with Crippen molar-refractivity contribution in [3.63, 3.8) is 0 Å². The first-order valence-electron chi connectivity index (χ1n) is 7.26. The molecule has 1 N–H and O–H groups in total. The van der Waals surface area contributed by atoms with Gasteiger partial charge in [-0.15, -0.1) is 0 Å². The normalized spacial score (nSPS) is 10.8. The van der Waals surface area contributed by atoms with Crippen LogP contribution in [0.5, 0.6) is 0 Å². The van der Waals surface area contributed by atoms with Crippen molar-refractivity contribution in [2.24, 2.45) is 0 Å². The van der Waals surface area contributed by atoms with Crippen LogP contribution in [0.2, 0.25) is 0 Å². The van der Waals surface area contributed by atoms with Gasteiger partial charge < -0.3 is 5.11 Å². The van der Waals surface area contributed by atoms with Gasteiger partial charge >= 0.3 is 5.97 Å². The van der Waals surface area contributed by atoms with Crippen molar-refractivity contribution in [2.45, 2.75) is 0 Å². The minimum Gasteiger partial charge on any atom is -0.478 e. The quantitative estimate of drug-likeness (QED) is 0.715. The van der Waals surface area contributed by atoms with Crippen molar-refractivity contribution in [2.75, 3.05) is 0 Å². The molecule has 3 nitrogen and oxygen atoms in total. The molecule has 0 aliphatic carbocycles. The van der Waals surface area contributed by atoms with E-state index in [9.17, 15) is 4.79 Å². The Bertz CT molecular complexity index is 837. The third-order valence-electron chi connectivity index (χ3n) is 3.51. The third kappa shape index (κ3) is 3.52. The molecule has 3 aromatic rings. The molecule has 0 atom stereocenters. The molecule has 23 heavy (non-hydrogen) atoms. The summed E-state index contributed by atoms with van der Waals surface area (Å²) in [5, 5.41) is 8.92. The molecule has 1 heterocycles. The molecular formula is C20H15NO2. The van der Waals surface area contributed by atoms with Gasteiger partial charge in [-0.1, -0.05) is 54.6 Å². The Morgan fingerprint density at radius 3 is 2.30 bits per heavy atom. The molecule has 3 rings (SSSR count). The lowest BCUT2D eigenvalue weighted by Crippen LogP contribution is -1.94. The van der Waals surface area contributed by atoms with E-state index in [4.69, 9.17) is 5.11 Å². The molecule has 0 spiro atoms. The average molecular weight is 301 g/mol. The SMILES string of the molecule is O=C(O)c1ccc(C=Cc2ccccc2-c2ccccn2)cc1. The number of carboxylic acids is 1. The zero-order valence-electron chi connectivity index (χ0n) is 12.4. The minimum absolute atomic E-state index is 0.288. The Morgan fingerprint density at radius 1 is 0.870 bits per heavy atom. The van der Waals surface area contributed by atoms with Crippen LogP contribution in [0.25, 0.3) is 23.4 Å². The molecule has 0 bridgehead atoms. The average Bonchev–Trinajstić information content (AvgIpc) is 2.61. The molecular weight excluding hydrogens is 286 g/mol. The number of carboxylic acid groups (broad SMARTS) is 1. The van der Waals surface area contributed by atoms with Gasteiger partial charge in [0.15, 0.2) is 0 Å². The predicted molar refractivity (Wildman–Crippen MR) is 92.0 cm³/mol. The van der Waals surface area contributed by atoms with Gasteiger partial charge in [0.1, 0.15) is 0 Å². The fourth-order valence-electron chi connectivity index (χ4n) is 2.32. The number of benzene rings is 2. The monoisotopic (exact) mass is 301 g/mol. The first kappa shape index (κ1) is 14.7. The molecule has 3 heteroatoms. The van der Waals surface area contributed by atoms with Gasteiger partial charge in [0.2, 0.25) is 0 Å². The number of aromatic nitrogens is 1. The summed E-state index contributed by atoms with van der Waals surface area (Å²) in [4.78, 5) is 15.3. The van der Waals surface area contributed by atoms with Crippen LogP contribution in [0.4, 0.5) is 0 Å². The number of pyridine rings is 1. The molecule has 0 amide bonds. The van der Waals surface area contributed by atoms with Gasteiger partial charge in [-0.25, -0.2) is 4.79 Å². The van der Waals surface area contributed by atoms with Gasteiger partial charge in [0, 0.05) is 11.8 Å². The maximum absolute atomic E-state index is 10.9. The summed E-state index contributed by atoms with van der Waals surface area (Å²) in [5.41, 5.74) is 4.29. The first-order chi connectivity index (χ1) is 11.2. The van der Waals surface area contributed by atoms with Gasteiger partial charge in [0.05, 0.1) is 11.3 Å². The Hall–Kier alpha value is -3.20. The molecule has 112 valence electrons. The van der Waals surface area contributed by atoms with Crippen molar-refractivity contribution in [1.82, 2.24) is 4.98 Å². The highest BCUT2D eigenvalue weighted by Crippen LogP contribution is 2.23. The Labute approximate surface area is 134 Å². The largest absolute Gasteiger partial charge is 0.478 e. The van der Waals surface area contributed by atoms with Crippen molar-refractivity contribution in [3.05, 3.63) is 89.6 Å². The van der Waals surface area contributed by atoms with Crippen LogP contribution in [0, 0.1) is 0 Å². The maximum Gasteiger partial charge on any atom is 0.335 e. The number of hydrogen-bond donors (Lipinski definition) is 1. The molecule has 0 radical (unpaired) electrons. The topological polar surface area (TPSA) is 50.2 Å². The summed E-state index contributed by atoms with van der Waals surface area (Å²) in [6.07, 6.45) is 5.76. The molecule has 0 fully saturated rings. The zero-order chi connectivity index (χ0) is 16.1. The Balaban J connectivity index is 1.90. The highest BCUT2D eigenvalue weighted by molar-refractivity contribution is 5.88. The summed E-state index contributed by atoms with van der Waals surface area (Å²) < 4.78 is 0. The van der Waals surface area contributed by atoms with Crippen molar-refractivity contribution in [3.8, 4) is 11.3 Å². The van der Waals surface area contributed by atoms with Crippen LogP contribution in [0.15, 0.2) is 72.9 Å². The molecule has 1 aromatic heterocycles. The maximum atomic E-state index is 10.9. The summed E-state index contributed by atoms with van der Waals surface area (Å²) in [6.45, 7) is 0. The van der Waals surface area contributed by atoms with Gasteiger partial charge in [0.25, 0.3) is 0 Å². The van der Waals surface area contributed by atoms with Gasteiger partial charge in [-0.3, -0.25) is 4.98 Å². The first-order valence-corrected chi connectivity index (χ1v) is 7.26. The molecule has 0 saturated carbocycles. The standard InChI is InChI=1S/C20H15NO2/c22-20(23)17-12-9-15(10-13-17)8-11-16-5-1-2-6-18(16)19-7-3-4-14-21-19/h1-14H,(H,22,23). The van der Waals surface area contributed by atoms with E-state index < -0.39 is 5.97 Å². The molecule has 2 aromatic carbocycles. The van der Waals surface area contributed by atoms with E-state index in [0.29, 0.717) is 0 Å². The smallest absolute Gasteiger partial charge is 0.335 e. The van der Waals surface area contributed by atoms with Gasteiger partial charge in [-0.05, 0) is 35.4 Å². The van der Waals surface area contributed by atoms with Crippen LogP contribution in [-0.2, 0) is 0 Å². The Kier molecular flexibility index (Phi) is 4.29. The molecule has 0 aliphatic heterocycles. The Morgan fingerprint density at radius 2 is 1.61 bits per heavy atom. The van der Waals surface area contributed by atoms with E-state index in [1.807, 2.05) is 54.6 Å². The fourth-order valence-corrected chi connectivity index (χ4v) is 2.32. The number of carbonyl (C=O) groups is 1. The van der Waals surface area contributed by atoms with E-state index >= 15 is 0 Å². The second kappa shape index (κ2) is 6.71. The number of aromatic carboxylic acids is 1. The summed E-state index contributed by atoms with van der Waals surface area (Å²) in [5.74, 6) is -0.916. The second-order valence-electron chi connectivity index (χ2n) is 5.06. The predicted octanol–water partition coefficient (Wildman–Crippen LogP) is 4.62. The minimum atomic E-state index is -0.916. The summed E-state index contributed by atoms with van der Waals surface area (Å²) in [6, 6.07) is 20.7. The fraction of sp³-hybridized carbons (Fsp3) is 0. The van der Waals surface area contributed by atoms with Crippen LogP contribution in [-0.4, -0.2) is 16.1 Å². The van der Waals surface area contributed by atoms with Crippen LogP contribution in [0.1, 0.15) is 21.5 Å². The number of nitrogens with zero attached hydrogens (tertiary/aromatic N) is 1. The van der Waals surface area contributed by atoms with Crippen LogP contribution in [0.3, 0.4) is 0 Å². The second-order valence-corrected chi connectivity index (χ2v) is 5.06. The van der Waals surface area contributed by atoms with Gasteiger partial charge in [-0.2, -0.15) is 0 Å².